The zero-order valence-electron chi connectivity index (χ0n) is 11.8. The van der Waals surface area contributed by atoms with Gasteiger partial charge in [0, 0.05) is 17.1 Å². The van der Waals surface area contributed by atoms with Crippen molar-refractivity contribution in [3.63, 3.8) is 0 Å². The van der Waals surface area contributed by atoms with Gasteiger partial charge in [-0.3, -0.25) is 4.98 Å². The van der Waals surface area contributed by atoms with Gasteiger partial charge in [-0.1, -0.05) is 12.1 Å². The van der Waals surface area contributed by atoms with Gasteiger partial charge in [0.2, 0.25) is 0 Å². The van der Waals surface area contributed by atoms with Crippen LogP contribution < -0.4 is 5.32 Å². The molecule has 3 heteroatoms. The van der Waals surface area contributed by atoms with Crippen LogP contribution >= 0.6 is 11.3 Å². The maximum absolute atomic E-state index is 4.56. The third-order valence-corrected chi connectivity index (χ3v) is 4.36. The Morgan fingerprint density at radius 1 is 1.20 bits per heavy atom. The molecule has 0 amide bonds. The number of nitrogens with zero attached hydrogens (tertiary/aromatic N) is 1. The van der Waals surface area contributed by atoms with Gasteiger partial charge in [0.25, 0.3) is 0 Å². The molecule has 3 aromatic rings. The molecule has 1 atom stereocenters. The summed E-state index contributed by atoms with van der Waals surface area (Å²) in [5, 5.41) is 8.98. The van der Waals surface area contributed by atoms with E-state index in [0.717, 1.165) is 17.6 Å². The fourth-order valence-electron chi connectivity index (χ4n) is 2.49. The molecule has 102 valence electrons. The summed E-state index contributed by atoms with van der Waals surface area (Å²) in [7, 11) is 2.02. The first-order valence-electron chi connectivity index (χ1n) is 6.82. The van der Waals surface area contributed by atoms with Crippen molar-refractivity contribution in [1.82, 2.24) is 10.3 Å². The third kappa shape index (κ3) is 2.74. The summed E-state index contributed by atoms with van der Waals surface area (Å²) in [6.07, 6.45) is 1.02. The number of benzene rings is 1. The standard InChI is InChI=1S/C17H18N2S/c1-12-3-4-14-10-15(5-6-16(14)19-12)17(18-2)9-13-7-8-20-11-13/h3-8,10-11,17-18H,9H2,1-2H3. The summed E-state index contributed by atoms with van der Waals surface area (Å²) in [5.41, 5.74) is 4.83. The first-order chi connectivity index (χ1) is 9.76. The predicted octanol–water partition coefficient (Wildman–Crippen LogP) is 4.11. The lowest BCUT2D eigenvalue weighted by Gasteiger charge is -2.16. The number of fused-ring (bicyclic) bond motifs is 1. The van der Waals surface area contributed by atoms with Crippen molar-refractivity contribution in [3.05, 3.63) is 64.0 Å². The number of hydrogen-bond acceptors (Lipinski definition) is 3. The molecule has 2 nitrogen and oxygen atoms in total. The predicted molar refractivity (Wildman–Crippen MR) is 86.3 cm³/mol. The Hall–Kier alpha value is -1.71. The largest absolute Gasteiger partial charge is 0.313 e. The van der Waals surface area contributed by atoms with E-state index in [1.807, 2.05) is 14.0 Å². The van der Waals surface area contributed by atoms with Gasteiger partial charge in [0.05, 0.1) is 5.52 Å². The van der Waals surface area contributed by atoms with Crippen molar-refractivity contribution >= 4 is 22.2 Å². The number of hydrogen-bond donors (Lipinski definition) is 1. The second-order valence-corrected chi connectivity index (χ2v) is 5.86. The Labute approximate surface area is 123 Å². The molecule has 1 aromatic carbocycles. The van der Waals surface area contributed by atoms with Crippen LogP contribution in [0.5, 0.6) is 0 Å². The first-order valence-corrected chi connectivity index (χ1v) is 7.76. The maximum atomic E-state index is 4.56. The minimum Gasteiger partial charge on any atom is -0.313 e. The molecule has 0 saturated carbocycles. The lowest BCUT2D eigenvalue weighted by molar-refractivity contribution is 0.593. The smallest absolute Gasteiger partial charge is 0.0705 e. The van der Waals surface area contributed by atoms with E-state index in [1.54, 1.807) is 11.3 Å². The Bertz CT molecular complexity index is 704. The van der Waals surface area contributed by atoms with Crippen LogP contribution in [0.2, 0.25) is 0 Å². The second kappa shape index (κ2) is 5.73. The molecule has 2 heterocycles. The second-order valence-electron chi connectivity index (χ2n) is 5.08. The number of rotatable bonds is 4. The Kier molecular flexibility index (Phi) is 3.81. The molecule has 3 rings (SSSR count). The van der Waals surface area contributed by atoms with Gasteiger partial charge in [-0.25, -0.2) is 0 Å². The lowest BCUT2D eigenvalue weighted by atomic mass is 9.99. The summed E-state index contributed by atoms with van der Waals surface area (Å²) >= 11 is 1.75. The molecule has 0 aliphatic rings. The van der Waals surface area contributed by atoms with Gasteiger partial charge in [-0.15, -0.1) is 0 Å². The van der Waals surface area contributed by atoms with E-state index >= 15 is 0 Å². The number of likely N-dealkylation sites (N-methyl/N-ethyl adjacent to an activating group) is 1. The van der Waals surface area contributed by atoms with E-state index in [2.05, 4.69) is 57.5 Å². The van der Waals surface area contributed by atoms with Gasteiger partial charge in [0.1, 0.15) is 0 Å². The number of thiophene rings is 1. The first kappa shape index (κ1) is 13.3. The molecular formula is C17H18N2S. The van der Waals surface area contributed by atoms with Crippen molar-refractivity contribution in [2.45, 2.75) is 19.4 Å². The van der Waals surface area contributed by atoms with E-state index in [9.17, 15) is 0 Å². The molecule has 2 aromatic heterocycles. The van der Waals surface area contributed by atoms with Crippen LogP contribution in [0.1, 0.15) is 22.9 Å². The van der Waals surface area contributed by atoms with E-state index < -0.39 is 0 Å². The van der Waals surface area contributed by atoms with Crippen molar-refractivity contribution in [3.8, 4) is 0 Å². The number of pyridine rings is 1. The van der Waals surface area contributed by atoms with Crippen LogP contribution in [-0.4, -0.2) is 12.0 Å². The molecule has 1 N–H and O–H groups in total. The van der Waals surface area contributed by atoms with Crippen molar-refractivity contribution < 1.29 is 0 Å². The minimum absolute atomic E-state index is 0.343. The van der Waals surface area contributed by atoms with Gasteiger partial charge in [-0.05, 0) is 66.5 Å². The summed E-state index contributed by atoms with van der Waals surface area (Å²) < 4.78 is 0. The number of aryl methyl sites for hydroxylation is 1. The third-order valence-electron chi connectivity index (χ3n) is 3.62. The van der Waals surface area contributed by atoms with Crippen LogP contribution in [0.15, 0.2) is 47.2 Å². The highest BCUT2D eigenvalue weighted by atomic mass is 32.1. The van der Waals surface area contributed by atoms with Gasteiger partial charge >= 0.3 is 0 Å². The van der Waals surface area contributed by atoms with Crippen LogP contribution in [-0.2, 0) is 6.42 Å². The number of nitrogens with one attached hydrogen (secondary N) is 1. The Morgan fingerprint density at radius 2 is 2.10 bits per heavy atom. The van der Waals surface area contributed by atoms with E-state index in [-0.39, 0.29) is 0 Å². The molecule has 0 fully saturated rings. The van der Waals surface area contributed by atoms with Crippen molar-refractivity contribution in [2.24, 2.45) is 0 Å². The monoisotopic (exact) mass is 282 g/mol. The highest BCUT2D eigenvalue weighted by Crippen LogP contribution is 2.23. The fourth-order valence-corrected chi connectivity index (χ4v) is 3.18. The molecule has 0 spiro atoms. The van der Waals surface area contributed by atoms with Crippen LogP contribution in [0.25, 0.3) is 10.9 Å². The molecule has 0 aliphatic carbocycles. The molecule has 1 unspecified atom stereocenters. The molecule has 0 bridgehead atoms. The summed E-state index contributed by atoms with van der Waals surface area (Å²) in [6.45, 7) is 2.03. The lowest BCUT2D eigenvalue weighted by Crippen LogP contribution is -2.18. The highest BCUT2D eigenvalue weighted by Gasteiger charge is 2.11. The zero-order valence-corrected chi connectivity index (χ0v) is 12.6. The van der Waals surface area contributed by atoms with Crippen LogP contribution in [0.4, 0.5) is 0 Å². The quantitative estimate of drug-likeness (QED) is 0.779. The van der Waals surface area contributed by atoms with E-state index in [1.165, 1.54) is 16.5 Å². The van der Waals surface area contributed by atoms with Crippen molar-refractivity contribution in [2.75, 3.05) is 7.05 Å². The van der Waals surface area contributed by atoms with Crippen LogP contribution in [0, 0.1) is 6.92 Å². The average Bonchev–Trinajstić information content (AvgIpc) is 2.97. The van der Waals surface area contributed by atoms with E-state index in [0.29, 0.717) is 6.04 Å². The van der Waals surface area contributed by atoms with Gasteiger partial charge in [-0.2, -0.15) is 11.3 Å². The topological polar surface area (TPSA) is 24.9 Å². The molecule has 0 aliphatic heterocycles. The molecular weight excluding hydrogens is 264 g/mol. The van der Waals surface area contributed by atoms with Gasteiger partial charge in [0.15, 0.2) is 0 Å². The summed E-state index contributed by atoms with van der Waals surface area (Å²) in [5.74, 6) is 0. The average molecular weight is 282 g/mol. The van der Waals surface area contributed by atoms with Crippen molar-refractivity contribution in [1.29, 1.82) is 0 Å². The summed E-state index contributed by atoms with van der Waals surface area (Å²) in [4.78, 5) is 4.56. The normalized spacial score (nSPS) is 12.7. The number of aromatic nitrogens is 1. The fraction of sp³-hybridized carbons (Fsp3) is 0.235. The Morgan fingerprint density at radius 3 is 2.85 bits per heavy atom. The van der Waals surface area contributed by atoms with E-state index in [4.69, 9.17) is 0 Å². The van der Waals surface area contributed by atoms with Gasteiger partial charge < -0.3 is 5.32 Å². The zero-order chi connectivity index (χ0) is 13.9. The molecule has 0 saturated heterocycles. The SMILES string of the molecule is CNC(Cc1ccsc1)c1ccc2nc(C)ccc2c1. The highest BCUT2D eigenvalue weighted by molar-refractivity contribution is 7.07. The maximum Gasteiger partial charge on any atom is 0.0705 e. The van der Waals surface area contributed by atoms with Crippen LogP contribution in [0.3, 0.4) is 0 Å². The molecule has 0 radical (unpaired) electrons. The summed E-state index contributed by atoms with van der Waals surface area (Å²) in [6, 6.07) is 13.3. The Balaban J connectivity index is 1.93. The molecule has 20 heavy (non-hydrogen) atoms. The minimum atomic E-state index is 0.343.